The van der Waals surface area contributed by atoms with Crippen molar-refractivity contribution in [3.05, 3.63) is 33.9 Å². The molecule has 0 aromatic heterocycles. The molecular formula is C18H28ClN5O4. The summed E-state index contributed by atoms with van der Waals surface area (Å²) in [5.74, 6) is -0.325. The van der Waals surface area contributed by atoms with Crippen LogP contribution in [0.1, 0.15) is 30.6 Å². The fraction of sp³-hybridized carbons (Fsp3) is 0.556. The van der Waals surface area contributed by atoms with E-state index in [1.165, 1.54) is 13.0 Å². The van der Waals surface area contributed by atoms with Crippen molar-refractivity contribution in [1.82, 2.24) is 15.5 Å². The molecule has 0 unspecified atom stereocenters. The van der Waals surface area contributed by atoms with Gasteiger partial charge in [0.1, 0.15) is 5.69 Å². The van der Waals surface area contributed by atoms with Crippen molar-refractivity contribution in [3.63, 3.8) is 0 Å². The van der Waals surface area contributed by atoms with Gasteiger partial charge >= 0.3 is 0 Å². The lowest BCUT2D eigenvalue weighted by Crippen LogP contribution is -2.48. The number of nitrogens with one attached hydrogen (secondary N) is 2. The molecule has 9 nitrogen and oxygen atoms in total. The van der Waals surface area contributed by atoms with Crippen LogP contribution >= 0.6 is 12.4 Å². The first-order valence-corrected chi connectivity index (χ1v) is 9.21. The van der Waals surface area contributed by atoms with Crippen LogP contribution in [0.3, 0.4) is 0 Å². The maximum atomic E-state index is 12.2. The Hall–Kier alpha value is -2.39. The predicted molar refractivity (Wildman–Crippen MR) is 110 cm³/mol. The van der Waals surface area contributed by atoms with Gasteiger partial charge in [-0.05, 0) is 25.1 Å². The molecule has 0 bridgehead atoms. The summed E-state index contributed by atoms with van der Waals surface area (Å²) in [5.41, 5.74) is 0.649. The Morgan fingerprint density at radius 3 is 2.39 bits per heavy atom. The van der Waals surface area contributed by atoms with Gasteiger partial charge in [0.2, 0.25) is 5.91 Å². The highest BCUT2D eigenvalue weighted by atomic mass is 35.5. The lowest BCUT2D eigenvalue weighted by atomic mass is 10.1. The maximum absolute atomic E-state index is 12.2. The number of carbonyl (C=O) groups is 2. The van der Waals surface area contributed by atoms with Crippen LogP contribution in [-0.2, 0) is 4.79 Å². The van der Waals surface area contributed by atoms with E-state index in [9.17, 15) is 19.7 Å². The highest BCUT2D eigenvalue weighted by molar-refractivity contribution is 5.95. The molecular weight excluding hydrogens is 386 g/mol. The predicted octanol–water partition coefficient (Wildman–Crippen LogP) is 1.41. The highest BCUT2D eigenvalue weighted by Crippen LogP contribution is 2.30. The Morgan fingerprint density at radius 2 is 1.82 bits per heavy atom. The number of nitrogens with zero attached hydrogens (tertiary/aromatic N) is 3. The lowest BCUT2D eigenvalue weighted by Gasteiger charge is -2.35. The third-order valence-electron chi connectivity index (χ3n) is 4.51. The van der Waals surface area contributed by atoms with Crippen LogP contribution in [0.2, 0.25) is 0 Å². The second-order valence-corrected chi connectivity index (χ2v) is 6.46. The summed E-state index contributed by atoms with van der Waals surface area (Å²) in [6.45, 7) is 7.67. The van der Waals surface area contributed by atoms with Gasteiger partial charge in [-0.1, -0.05) is 6.92 Å². The molecule has 156 valence electrons. The number of hydrogen-bond donors (Lipinski definition) is 2. The Labute approximate surface area is 171 Å². The van der Waals surface area contributed by atoms with Crippen LogP contribution in [0.25, 0.3) is 0 Å². The molecule has 1 aromatic carbocycles. The van der Waals surface area contributed by atoms with Crippen LogP contribution in [0.15, 0.2) is 18.2 Å². The van der Waals surface area contributed by atoms with Crippen LogP contribution < -0.4 is 15.5 Å². The van der Waals surface area contributed by atoms with Gasteiger partial charge in [0.05, 0.1) is 4.92 Å². The first-order valence-electron chi connectivity index (χ1n) is 9.21. The number of nitro benzene ring substituents is 1. The second-order valence-electron chi connectivity index (χ2n) is 6.46. The Morgan fingerprint density at radius 1 is 1.14 bits per heavy atom. The molecule has 2 N–H and O–H groups in total. The van der Waals surface area contributed by atoms with Crippen LogP contribution in [0.4, 0.5) is 11.4 Å². The van der Waals surface area contributed by atoms with E-state index in [0.29, 0.717) is 45.0 Å². The molecule has 0 saturated carbocycles. The number of carbonyl (C=O) groups excluding carboxylic acids is 2. The van der Waals surface area contributed by atoms with Crippen LogP contribution in [0, 0.1) is 10.1 Å². The number of anilines is 1. The van der Waals surface area contributed by atoms with E-state index in [2.05, 4.69) is 17.6 Å². The first kappa shape index (κ1) is 23.6. The number of hydrogen-bond acceptors (Lipinski definition) is 6. The standard InChI is InChI=1S/C18H27N5O4.ClH/c1-3-6-19-7-8-20-18(25)15-4-5-16(17(13-15)23(26)27)22-11-9-21(10-12-22)14(2)24;/h4-5,13,19H,3,6-12H2,1-2H3,(H,20,25);1H. The van der Waals surface area contributed by atoms with E-state index in [0.717, 1.165) is 13.0 Å². The number of benzene rings is 1. The third-order valence-corrected chi connectivity index (χ3v) is 4.51. The van der Waals surface area contributed by atoms with Crippen LogP contribution in [-0.4, -0.2) is 67.5 Å². The average molecular weight is 414 g/mol. The van der Waals surface area contributed by atoms with E-state index < -0.39 is 4.92 Å². The Balaban J connectivity index is 0.00000392. The van der Waals surface area contributed by atoms with Crippen molar-refractivity contribution in [2.24, 2.45) is 0 Å². The molecule has 1 aliphatic heterocycles. The fourth-order valence-corrected chi connectivity index (χ4v) is 3.01. The molecule has 2 amide bonds. The molecule has 28 heavy (non-hydrogen) atoms. The summed E-state index contributed by atoms with van der Waals surface area (Å²) in [5, 5.41) is 17.5. The van der Waals surface area contributed by atoms with Crippen molar-refractivity contribution in [1.29, 1.82) is 0 Å². The van der Waals surface area contributed by atoms with Gasteiger partial charge in [-0.25, -0.2) is 0 Å². The molecule has 2 rings (SSSR count). The fourth-order valence-electron chi connectivity index (χ4n) is 3.01. The molecule has 1 aliphatic rings. The van der Waals surface area contributed by atoms with Crippen molar-refractivity contribution in [2.45, 2.75) is 20.3 Å². The summed E-state index contributed by atoms with van der Waals surface area (Å²) in [6, 6.07) is 4.54. The molecule has 1 heterocycles. The van der Waals surface area contributed by atoms with E-state index >= 15 is 0 Å². The zero-order valence-electron chi connectivity index (χ0n) is 16.3. The molecule has 0 atom stereocenters. The zero-order valence-corrected chi connectivity index (χ0v) is 17.1. The molecule has 0 radical (unpaired) electrons. The second kappa shape index (κ2) is 11.5. The monoisotopic (exact) mass is 413 g/mol. The van der Waals surface area contributed by atoms with Gasteiger partial charge in [-0.15, -0.1) is 12.4 Å². The number of rotatable bonds is 8. The largest absolute Gasteiger partial charge is 0.362 e. The van der Waals surface area contributed by atoms with Gasteiger partial charge in [-0.2, -0.15) is 0 Å². The molecule has 0 spiro atoms. The summed E-state index contributed by atoms with van der Waals surface area (Å²) in [4.78, 5) is 38.3. The Kier molecular flexibility index (Phi) is 9.67. The zero-order chi connectivity index (χ0) is 19.8. The molecule has 1 saturated heterocycles. The van der Waals surface area contributed by atoms with Crippen molar-refractivity contribution in [2.75, 3.05) is 50.7 Å². The van der Waals surface area contributed by atoms with E-state index in [1.807, 2.05) is 4.90 Å². The minimum Gasteiger partial charge on any atom is -0.362 e. The van der Waals surface area contributed by atoms with E-state index in [-0.39, 0.29) is 35.5 Å². The minimum atomic E-state index is -0.466. The average Bonchev–Trinajstić information content (AvgIpc) is 2.67. The van der Waals surface area contributed by atoms with E-state index in [4.69, 9.17) is 0 Å². The van der Waals surface area contributed by atoms with Gasteiger partial charge in [0, 0.05) is 57.8 Å². The number of amides is 2. The SMILES string of the molecule is CCCNCCNC(=O)c1ccc(N2CCN(C(C)=O)CC2)c([N+](=O)[O-])c1.Cl. The highest BCUT2D eigenvalue weighted by Gasteiger charge is 2.25. The lowest BCUT2D eigenvalue weighted by molar-refractivity contribution is -0.384. The van der Waals surface area contributed by atoms with E-state index in [1.54, 1.807) is 17.0 Å². The van der Waals surface area contributed by atoms with Crippen LogP contribution in [0.5, 0.6) is 0 Å². The minimum absolute atomic E-state index is 0. The topological polar surface area (TPSA) is 108 Å². The van der Waals surface area contributed by atoms with Gasteiger partial charge in [0.25, 0.3) is 11.6 Å². The van der Waals surface area contributed by atoms with Gasteiger partial charge < -0.3 is 20.4 Å². The summed E-state index contributed by atoms with van der Waals surface area (Å²) < 4.78 is 0. The summed E-state index contributed by atoms with van der Waals surface area (Å²) in [7, 11) is 0. The van der Waals surface area contributed by atoms with Crippen molar-refractivity contribution < 1.29 is 14.5 Å². The summed E-state index contributed by atoms with van der Waals surface area (Å²) in [6.07, 6.45) is 1.02. The summed E-state index contributed by atoms with van der Waals surface area (Å²) >= 11 is 0. The maximum Gasteiger partial charge on any atom is 0.293 e. The van der Waals surface area contributed by atoms with Crippen molar-refractivity contribution >= 4 is 35.6 Å². The quantitative estimate of drug-likeness (QED) is 0.379. The number of nitro groups is 1. The van der Waals surface area contributed by atoms with Gasteiger partial charge in [0.15, 0.2) is 0 Å². The smallest absolute Gasteiger partial charge is 0.293 e. The first-order chi connectivity index (χ1) is 12.9. The molecule has 1 fully saturated rings. The molecule has 10 heteroatoms. The Bertz CT molecular complexity index is 693. The number of halogens is 1. The molecule has 0 aliphatic carbocycles. The third kappa shape index (κ3) is 6.35. The number of piperazine rings is 1. The molecule has 1 aromatic rings. The van der Waals surface area contributed by atoms with Gasteiger partial charge in [-0.3, -0.25) is 19.7 Å². The van der Waals surface area contributed by atoms with Crippen molar-refractivity contribution in [3.8, 4) is 0 Å². The normalized spacial score (nSPS) is 13.6.